The van der Waals surface area contributed by atoms with Crippen LogP contribution in [0.2, 0.25) is 0 Å². The summed E-state index contributed by atoms with van der Waals surface area (Å²) in [5.41, 5.74) is 0. The van der Waals surface area contributed by atoms with E-state index in [4.69, 9.17) is 4.74 Å². The molecule has 0 aliphatic carbocycles. The van der Waals surface area contributed by atoms with Crippen LogP contribution >= 0.6 is 0 Å². The zero-order chi connectivity index (χ0) is 12.1. The first-order valence-corrected chi connectivity index (χ1v) is 5.99. The Bertz CT molecular complexity index is 361. The third kappa shape index (κ3) is 2.93. The third-order valence-corrected chi connectivity index (χ3v) is 2.99. The summed E-state index contributed by atoms with van der Waals surface area (Å²) in [7, 11) is 0. The maximum atomic E-state index is 11.6. The van der Waals surface area contributed by atoms with E-state index >= 15 is 0 Å². The highest BCUT2D eigenvalue weighted by atomic mass is 16.5. The fraction of sp³-hybridized carbons (Fsp3) is 0.583. The first-order valence-electron chi connectivity index (χ1n) is 5.99. The Morgan fingerprint density at radius 1 is 1.47 bits per heavy atom. The Labute approximate surface area is 101 Å². The molecule has 1 aliphatic heterocycles. The number of nitrogens with zero attached hydrogens (tertiary/aromatic N) is 3. The zero-order valence-electron chi connectivity index (χ0n) is 10.0. The molecule has 17 heavy (non-hydrogen) atoms. The van der Waals surface area contributed by atoms with Crippen molar-refractivity contribution in [3.8, 4) is 0 Å². The molecule has 0 unspecified atom stereocenters. The lowest BCUT2D eigenvalue weighted by atomic mass is 9.97. The standard InChI is InChI=1S/C12H17N3O2/c1-2-17-12(16)10-3-7-15(8-4-10)11-9-13-5-6-14-11/h5-6,9-10H,2-4,7-8H2,1H3. The highest BCUT2D eigenvalue weighted by molar-refractivity contribution is 5.72. The molecular formula is C12H17N3O2. The number of piperidine rings is 1. The quantitative estimate of drug-likeness (QED) is 0.738. The molecule has 1 saturated heterocycles. The van der Waals surface area contributed by atoms with E-state index in [0.29, 0.717) is 6.61 Å². The maximum Gasteiger partial charge on any atom is 0.309 e. The van der Waals surface area contributed by atoms with Crippen LogP contribution in [0.4, 0.5) is 5.82 Å². The second-order valence-corrected chi connectivity index (χ2v) is 4.08. The number of hydrogen-bond acceptors (Lipinski definition) is 5. The Kier molecular flexibility index (Phi) is 3.90. The van der Waals surface area contributed by atoms with Crippen LogP contribution < -0.4 is 4.90 Å². The average Bonchev–Trinajstić information content (AvgIpc) is 2.40. The number of aromatic nitrogens is 2. The molecule has 1 aromatic rings. The predicted octanol–water partition coefficient (Wildman–Crippen LogP) is 1.26. The Balaban J connectivity index is 1.88. The second kappa shape index (κ2) is 5.61. The van der Waals surface area contributed by atoms with Crippen molar-refractivity contribution in [2.45, 2.75) is 19.8 Å². The monoisotopic (exact) mass is 235 g/mol. The molecule has 2 heterocycles. The Hall–Kier alpha value is -1.65. The number of anilines is 1. The van der Waals surface area contributed by atoms with Gasteiger partial charge in [-0.05, 0) is 19.8 Å². The van der Waals surface area contributed by atoms with Gasteiger partial charge in [-0.3, -0.25) is 9.78 Å². The van der Waals surface area contributed by atoms with E-state index in [0.717, 1.165) is 31.7 Å². The number of ether oxygens (including phenoxy) is 1. The van der Waals surface area contributed by atoms with Gasteiger partial charge in [0.25, 0.3) is 0 Å². The summed E-state index contributed by atoms with van der Waals surface area (Å²) in [6.45, 7) is 3.97. The second-order valence-electron chi connectivity index (χ2n) is 4.08. The van der Waals surface area contributed by atoms with Gasteiger partial charge in [0.15, 0.2) is 0 Å². The van der Waals surface area contributed by atoms with Gasteiger partial charge in [0.1, 0.15) is 5.82 Å². The molecule has 1 fully saturated rings. The Morgan fingerprint density at radius 3 is 2.82 bits per heavy atom. The normalized spacial score (nSPS) is 16.9. The molecule has 5 heteroatoms. The molecule has 5 nitrogen and oxygen atoms in total. The van der Waals surface area contributed by atoms with Gasteiger partial charge in [0.05, 0.1) is 18.7 Å². The summed E-state index contributed by atoms with van der Waals surface area (Å²) in [5, 5.41) is 0. The van der Waals surface area contributed by atoms with Gasteiger partial charge in [-0.2, -0.15) is 0 Å². The van der Waals surface area contributed by atoms with Crippen LogP contribution in [-0.4, -0.2) is 35.6 Å². The van der Waals surface area contributed by atoms with Gasteiger partial charge >= 0.3 is 5.97 Å². The van der Waals surface area contributed by atoms with E-state index in [1.165, 1.54) is 0 Å². The van der Waals surface area contributed by atoms with Crippen LogP contribution in [0.5, 0.6) is 0 Å². The van der Waals surface area contributed by atoms with Crippen LogP contribution in [0, 0.1) is 5.92 Å². The maximum absolute atomic E-state index is 11.6. The minimum absolute atomic E-state index is 0.0443. The smallest absolute Gasteiger partial charge is 0.309 e. The number of rotatable bonds is 3. The molecule has 1 aliphatic rings. The van der Waals surface area contributed by atoms with Crippen molar-refractivity contribution >= 4 is 11.8 Å². The first kappa shape index (κ1) is 11.8. The molecule has 0 aromatic carbocycles. The van der Waals surface area contributed by atoms with Gasteiger partial charge in [0, 0.05) is 25.5 Å². The molecule has 0 bridgehead atoms. The molecule has 0 atom stereocenters. The van der Waals surface area contributed by atoms with Crippen LogP contribution in [0.3, 0.4) is 0 Å². The molecule has 1 aromatic heterocycles. The molecular weight excluding hydrogens is 218 g/mol. The molecule has 0 amide bonds. The van der Waals surface area contributed by atoms with Crippen molar-refractivity contribution in [1.29, 1.82) is 0 Å². The molecule has 2 rings (SSSR count). The number of esters is 1. The molecule has 0 spiro atoms. The first-order chi connectivity index (χ1) is 8.31. The summed E-state index contributed by atoms with van der Waals surface area (Å²) >= 11 is 0. The van der Waals surface area contributed by atoms with Crippen LogP contribution in [0.15, 0.2) is 18.6 Å². The van der Waals surface area contributed by atoms with Gasteiger partial charge in [-0.1, -0.05) is 0 Å². The molecule has 92 valence electrons. The fourth-order valence-electron chi connectivity index (χ4n) is 2.06. The van der Waals surface area contributed by atoms with E-state index in [-0.39, 0.29) is 11.9 Å². The van der Waals surface area contributed by atoms with Crippen molar-refractivity contribution in [2.24, 2.45) is 5.92 Å². The molecule has 0 N–H and O–H groups in total. The SMILES string of the molecule is CCOC(=O)C1CCN(c2cnccn2)CC1. The van der Waals surface area contributed by atoms with E-state index < -0.39 is 0 Å². The minimum Gasteiger partial charge on any atom is -0.466 e. The third-order valence-electron chi connectivity index (χ3n) is 2.99. The van der Waals surface area contributed by atoms with E-state index in [2.05, 4.69) is 14.9 Å². The van der Waals surface area contributed by atoms with Crippen molar-refractivity contribution < 1.29 is 9.53 Å². The number of hydrogen-bond donors (Lipinski definition) is 0. The van der Waals surface area contributed by atoms with Crippen molar-refractivity contribution in [3.05, 3.63) is 18.6 Å². The van der Waals surface area contributed by atoms with Gasteiger partial charge in [-0.15, -0.1) is 0 Å². The zero-order valence-corrected chi connectivity index (χ0v) is 10.0. The Morgan fingerprint density at radius 2 is 2.24 bits per heavy atom. The largest absolute Gasteiger partial charge is 0.466 e. The summed E-state index contributed by atoms with van der Waals surface area (Å²) < 4.78 is 5.04. The van der Waals surface area contributed by atoms with Crippen LogP contribution in [0.1, 0.15) is 19.8 Å². The lowest BCUT2D eigenvalue weighted by Crippen LogP contribution is -2.37. The highest BCUT2D eigenvalue weighted by Crippen LogP contribution is 2.21. The fourth-order valence-corrected chi connectivity index (χ4v) is 2.06. The lowest BCUT2D eigenvalue weighted by molar-refractivity contribution is -0.148. The number of carbonyl (C=O) groups is 1. The van der Waals surface area contributed by atoms with Crippen LogP contribution in [0.25, 0.3) is 0 Å². The summed E-state index contributed by atoms with van der Waals surface area (Å²) in [6.07, 6.45) is 6.76. The minimum atomic E-state index is -0.0636. The molecule has 0 saturated carbocycles. The van der Waals surface area contributed by atoms with Crippen LogP contribution in [-0.2, 0) is 9.53 Å². The summed E-state index contributed by atoms with van der Waals surface area (Å²) in [4.78, 5) is 22.0. The van der Waals surface area contributed by atoms with Crippen molar-refractivity contribution in [1.82, 2.24) is 9.97 Å². The van der Waals surface area contributed by atoms with Crippen molar-refractivity contribution in [3.63, 3.8) is 0 Å². The van der Waals surface area contributed by atoms with E-state index in [1.54, 1.807) is 18.6 Å². The molecule has 0 radical (unpaired) electrons. The summed E-state index contributed by atoms with van der Waals surface area (Å²) in [6, 6.07) is 0. The van der Waals surface area contributed by atoms with Gasteiger partial charge in [0.2, 0.25) is 0 Å². The van der Waals surface area contributed by atoms with E-state index in [9.17, 15) is 4.79 Å². The highest BCUT2D eigenvalue weighted by Gasteiger charge is 2.26. The van der Waals surface area contributed by atoms with Gasteiger partial charge in [-0.25, -0.2) is 4.98 Å². The van der Waals surface area contributed by atoms with E-state index in [1.807, 2.05) is 6.92 Å². The topological polar surface area (TPSA) is 55.3 Å². The average molecular weight is 235 g/mol. The van der Waals surface area contributed by atoms with Crippen molar-refractivity contribution in [2.75, 3.05) is 24.6 Å². The summed E-state index contributed by atoms with van der Waals surface area (Å²) in [5.74, 6) is 0.865. The lowest BCUT2D eigenvalue weighted by Gasteiger charge is -2.31. The number of carbonyl (C=O) groups excluding carboxylic acids is 1. The predicted molar refractivity (Wildman–Crippen MR) is 63.6 cm³/mol. The van der Waals surface area contributed by atoms with Gasteiger partial charge < -0.3 is 9.64 Å².